The molecule has 0 radical (unpaired) electrons. The van der Waals surface area contributed by atoms with E-state index in [1.807, 2.05) is 11.6 Å². The van der Waals surface area contributed by atoms with Crippen LogP contribution in [-0.4, -0.2) is 28.4 Å². The molecule has 0 spiro atoms. The maximum absolute atomic E-state index is 5.89. The molecule has 72 valence electrons. The molecular formula is C8H13ClN4. The summed E-state index contributed by atoms with van der Waals surface area (Å²) in [5.41, 5.74) is 0. The van der Waals surface area contributed by atoms with Crippen molar-refractivity contribution in [2.24, 2.45) is 5.92 Å². The zero-order valence-corrected chi connectivity index (χ0v) is 8.38. The van der Waals surface area contributed by atoms with E-state index in [0.717, 1.165) is 25.3 Å². The van der Waals surface area contributed by atoms with Crippen LogP contribution < -0.4 is 5.32 Å². The van der Waals surface area contributed by atoms with Gasteiger partial charge in [-0.1, -0.05) is 0 Å². The van der Waals surface area contributed by atoms with E-state index in [9.17, 15) is 0 Å². The first-order valence-corrected chi connectivity index (χ1v) is 4.91. The van der Waals surface area contributed by atoms with Gasteiger partial charge in [-0.05, 0) is 37.5 Å². The van der Waals surface area contributed by atoms with Gasteiger partial charge >= 0.3 is 0 Å². The van der Waals surface area contributed by atoms with E-state index in [0.29, 0.717) is 11.2 Å². The van der Waals surface area contributed by atoms with Gasteiger partial charge < -0.3 is 9.88 Å². The van der Waals surface area contributed by atoms with E-state index in [1.165, 1.54) is 6.42 Å². The highest BCUT2D eigenvalue weighted by Crippen LogP contribution is 2.21. The molecule has 4 nitrogen and oxygen atoms in total. The van der Waals surface area contributed by atoms with Gasteiger partial charge in [0.15, 0.2) is 0 Å². The maximum atomic E-state index is 5.89. The fourth-order valence-corrected chi connectivity index (χ4v) is 2.02. The Morgan fingerprint density at radius 2 is 2.46 bits per heavy atom. The minimum atomic E-state index is 0.524. The van der Waals surface area contributed by atoms with Crippen LogP contribution in [-0.2, 0) is 13.0 Å². The third kappa shape index (κ3) is 1.69. The number of hydrogen-bond donors (Lipinski definition) is 1. The molecule has 1 aromatic rings. The van der Waals surface area contributed by atoms with Crippen LogP contribution in [0, 0.1) is 5.92 Å². The van der Waals surface area contributed by atoms with Gasteiger partial charge in [-0.3, -0.25) is 0 Å². The predicted octanol–water partition coefficient (Wildman–Crippen LogP) is 0.713. The summed E-state index contributed by atoms with van der Waals surface area (Å²) in [7, 11) is 1.98. The molecule has 2 heterocycles. The highest BCUT2D eigenvalue weighted by molar-refractivity contribution is 6.28. The second kappa shape index (κ2) is 3.64. The lowest BCUT2D eigenvalue weighted by Crippen LogP contribution is -2.28. The van der Waals surface area contributed by atoms with Gasteiger partial charge in [0.1, 0.15) is 5.82 Å². The molecule has 0 saturated carbocycles. The summed E-state index contributed by atoms with van der Waals surface area (Å²) in [5, 5.41) is 11.6. The van der Waals surface area contributed by atoms with Gasteiger partial charge in [-0.25, -0.2) is 0 Å². The topological polar surface area (TPSA) is 42.7 Å². The molecule has 0 saturated heterocycles. The Bertz CT molecular complexity index is 296. The van der Waals surface area contributed by atoms with Crippen molar-refractivity contribution < 1.29 is 0 Å². The molecule has 0 aromatic carbocycles. The van der Waals surface area contributed by atoms with Gasteiger partial charge in [-0.15, -0.1) is 10.2 Å². The van der Waals surface area contributed by atoms with Gasteiger partial charge in [0.05, 0.1) is 0 Å². The number of aryl methyl sites for hydroxylation is 1. The molecule has 2 rings (SSSR count). The first-order valence-electron chi connectivity index (χ1n) is 4.53. The molecule has 5 heteroatoms. The lowest BCUT2D eigenvalue weighted by molar-refractivity contribution is 0.356. The van der Waals surface area contributed by atoms with Crippen molar-refractivity contribution in [1.82, 2.24) is 20.1 Å². The van der Waals surface area contributed by atoms with Crippen LogP contribution in [0.15, 0.2) is 0 Å². The van der Waals surface area contributed by atoms with Crippen LogP contribution in [0.5, 0.6) is 0 Å². The highest BCUT2D eigenvalue weighted by Gasteiger charge is 2.21. The molecule has 1 aromatic heterocycles. The van der Waals surface area contributed by atoms with Crippen molar-refractivity contribution in [2.75, 3.05) is 13.6 Å². The van der Waals surface area contributed by atoms with E-state index in [4.69, 9.17) is 11.6 Å². The van der Waals surface area contributed by atoms with Crippen molar-refractivity contribution >= 4 is 11.6 Å². The zero-order chi connectivity index (χ0) is 9.26. The summed E-state index contributed by atoms with van der Waals surface area (Å²) in [6.07, 6.45) is 2.17. The van der Waals surface area contributed by atoms with Crippen molar-refractivity contribution in [3.8, 4) is 0 Å². The van der Waals surface area contributed by atoms with E-state index in [1.54, 1.807) is 0 Å². The van der Waals surface area contributed by atoms with E-state index in [2.05, 4.69) is 15.5 Å². The summed E-state index contributed by atoms with van der Waals surface area (Å²) in [6, 6.07) is 0. The van der Waals surface area contributed by atoms with E-state index >= 15 is 0 Å². The van der Waals surface area contributed by atoms with Crippen LogP contribution in [0.2, 0.25) is 5.28 Å². The van der Waals surface area contributed by atoms with Crippen LogP contribution in [0.4, 0.5) is 0 Å². The Morgan fingerprint density at radius 1 is 1.62 bits per heavy atom. The first-order chi connectivity index (χ1) is 6.31. The van der Waals surface area contributed by atoms with Gasteiger partial charge in [0.2, 0.25) is 5.28 Å². The quantitative estimate of drug-likeness (QED) is 0.765. The normalized spacial score (nSPS) is 21.5. The Hall–Kier alpha value is -0.610. The number of hydrogen-bond acceptors (Lipinski definition) is 3. The molecule has 1 unspecified atom stereocenters. The fourth-order valence-electron chi connectivity index (χ4n) is 1.82. The Balaban J connectivity index is 2.13. The molecule has 0 aliphatic carbocycles. The summed E-state index contributed by atoms with van der Waals surface area (Å²) in [6.45, 7) is 1.98. The highest BCUT2D eigenvalue weighted by atomic mass is 35.5. The van der Waals surface area contributed by atoms with E-state index < -0.39 is 0 Å². The lowest BCUT2D eigenvalue weighted by Gasteiger charge is -2.22. The fraction of sp³-hybridized carbons (Fsp3) is 0.750. The molecule has 1 atom stereocenters. The molecule has 1 N–H and O–H groups in total. The van der Waals surface area contributed by atoms with Gasteiger partial charge in [0, 0.05) is 13.0 Å². The second-order valence-electron chi connectivity index (χ2n) is 3.46. The minimum absolute atomic E-state index is 0.524. The molecule has 0 amide bonds. The summed E-state index contributed by atoms with van der Waals surface area (Å²) >= 11 is 5.89. The van der Waals surface area contributed by atoms with Crippen LogP contribution in [0.1, 0.15) is 12.2 Å². The lowest BCUT2D eigenvalue weighted by atomic mass is 10.00. The minimum Gasteiger partial charge on any atom is -0.319 e. The number of halogens is 1. The van der Waals surface area contributed by atoms with Crippen molar-refractivity contribution in [2.45, 2.75) is 19.4 Å². The van der Waals surface area contributed by atoms with Crippen LogP contribution in [0.3, 0.4) is 0 Å². The zero-order valence-electron chi connectivity index (χ0n) is 7.63. The number of aromatic nitrogens is 3. The monoisotopic (exact) mass is 200 g/mol. The summed E-state index contributed by atoms with van der Waals surface area (Å²) in [4.78, 5) is 0. The Morgan fingerprint density at radius 3 is 3.23 bits per heavy atom. The summed E-state index contributed by atoms with van der Waals surface area (Å²) < 4.78 is 2.01. The third-order valence-corrected chi connectivity index (χ3v) is 2.77. The molecule has 0 bridgehead atoms. The average Bonchev–Trinajstić information content (AvgIpc) is 2.49. The standard InChI is InChI=1S/C8H13ClN4/c1-10-4-6-2-3-7-11-12-8(9)13(7)5-6/h6,10H,2-5H2,1H3. The predicted molar refractivity (Wildman–Crippen MR) is 50.8 cm³/mol. The second-order valence-corrected chi connectivity index (χ2v) is 3.80. The summed E-state index contributed by atoms with van der Waals surface area (Å²) in [5.74, 6) is 1.68. The third-order valence-electron chi connectivity index (χ3n) is 2.49. The van der Waals surface area contributed by atoms with Crippen molar-refractivity contribution in [3.63, 3.8) is 0 Å². The van der Waals surface area contributed by atoms with E-state index in [-0.39, 0.29) is 0 Å². The van der Waals surface area contributed by atoms with Gasteiger partial charge in [0.25, 0.3) is 0 Å². The SMILES string of the molecule is CNCC1CCc2nnc(Cl)n2C1. The molecule has 1 aliphatic heterocycles. The first kappa shape index (κ1) is 8.97. The Labute approximate surface area is 82.3 Å². The molecule has 0 fully saturated rings. The smallest absolute Gasteiger partial charge is 0.225 e. The number of nitrogens with one attached hydrogen (secondary N) is 1. The van der Waals surface area contributed by atoms with Crippen molar-refractivity contribution in [3.05, 3.63) is 11.1 Å². The maximum Gasteiger partial charge on any atom is 0.225 e. The molecule has 13 heavy (non-hydrogen) atoms. The van der Waals surface area contributed by atoms with Gasteiger partial charge in [-0.2, -0.15) is 0 Å². The molecular weight excluding hydrogens is 188 g/mol. The van der Waals surface area contributed by atoms with Crippen LogP contribution >= 0.6 is 11.6 Å². The van der Waals surface area contributed by atoms with Crippen molar-refractivity contribution in [1.29, 1.82) is 0 Å². The largest absolute Gasteiger partial charge is 0.319 e. The average molecular weight is 201 g/mol. The number of nitrogens with zero attached hydrogens (tertiary/aromatic N) is 3. The van der Waals surface area contributed by atoms with Crippen LogP contribution in [0.25, 0.3) is 0 Å². The molecule has 1 aliphatic rings. The number of fused-ring (bicyclic) bond motifs is 1. The number of rotatable bonds is 2. The Kier molecular flexibility index (Phi) is 2.51.